The fraction of sp³-hybridized carbons (Fsp3) is 0.300. The van der Waals surface area contributed by atoms with Gasteiger partial charge in [-0.1, -0.05) is 18.2 Å². The first-order valence-electron chi connectivity index (χ1n) is 8.42. The molecule has 0 fully saturated rings. The van der Waals surface area contributed by atoms with Crippen molar-refractivity contribution < 1.29 is 9.47 Å². The second-order valence-corrected chi connectivity index (χ2v) is 6.38. The van der Waals surface area contributed by atoms with E-state index in [4.69, 9.17) is 9.47 Å². The van der Waals surface area contributed by atoms with E-state index in [-0.39, 0.29) is 12.0 Å². The Labute approximate surface area is 147 Å². The zero-order chi connectivity index (χ0) is 17.4. The number of nitrogens with zero attached hydrogens (tertiary/aromatic N) is 2. The summed E-state index contributed by atoms with van der Waals surface area (Å²) >= 11 is 0. The number of anilines is 1. The molecule has 5 nitrogen and oxygen atoms in total. The number of benzene rings is 2. The van der Waals surface area contributed by atoms with Crippen molar-refractivity contribution in [2.75, 3.05) is 19.5 Å². The number of methoxy groups -OCH3 is 2. The molecule has 0 bridgehead atoms. The molecule has 1 aliphatic heterocycles. The Morgan fingerprint density at radius 1 is 1.04 bits per heavy atom. The van der Waals surface area contributed by atoms with Crippen LogP contribution in [0.4, 0.5) is 5.69 Å². The molecule has 25 heavy (non-hydrogen) atoms. The van der Waals surface area contributed by atoms with Crippen LogP contribution in [0.1, 0.15) is 24.1 Å². The summed E-state index contributed by atoms with van der Waals surface area (Å²) in [5.74, 6) is 1.64. The molecule has 0 spiro atoms. The molecule has 2 aromatic carbocycles. The quantitative estimate of drug-likeness (QED) is 0.789. The van der Waals surface area contributed by atoms with Crippen molar-refractivity contribution >= 4 is 16.6 Å². The highest BCUT2D eigenvalue weighted by Crippen LogP contribution is 2.38. The van der Waals surface area contributed by atoms with E-state index >= 15 is 0 Å². The Kier molecular flexibility index (Phi) is 3.92. The van der Waals surface area contributed by atoms with Crippen LogP contribution in [0.2, 0.25) is 0 Å². The number of nitrogens with one attached hydrogen (secondary N) is 1. The zero-order valence-electron chi connectivity index (χ0n) is 14.6. The van der Waals surface area contributed by atoms with Crippen molar-refractivity contribution in [2.24, 2.45) is 0 Å². The lowest BCUT2D eigenvalue weighted by molar-refractivity contribution is 0.355. The smallest absolute Gasteiger partial charge is 0.162 e. The molecular formula is C20H21N3O2. The van der Waals surface area contributed by atoms with Crippen LogP contribution in [-0.2, 0) is 6.42 Å². The average molecular weight is 335 g/mol. The highest BCUT2D eigenvalue weighted by atomic mass is 16.5. The first-order chi connectivity index (χ1) is 12.2. The Morgan fingerprint density at radius 2 is 1.80 bits per heavy atom. The minimum Gasteiger partial charge on any atom is -0.493 e. The Morgan fingerprint density at radius 3 is 2.60 bits per heavy atom. The van der Waals surface area contributed by atoms with Crippen molar-refractivity contribution in [3.63, 3.8) is 0 Å². The van der Waals surface area contributed by atoms with Gasteiger partial charge in [-0.15, -0.1) is 0 Å². The van der Waals surface area contributed by atoms with Crippen molar-refractivity contribution in [3.8, 4) is 11.5 Å². The van der Waals surface area contributed by atoms with Gasteiger partial charge >= 0.3 is 0 Å². The standard InChI is InChI=1S/C20H21N3O2/c1-12-14(8-13-6-4-5-7-16(13)23-12)20-15-9-18(24-2)19(25-3)10-17(15)21-11-22-20/h4-7,9-12,14,23H,8H2,1-3H3. The summed E-state index contributed by atoms with van der Waals surface area (Å²) in [7, 11) is 3.28. The number of rotatable bonds is 3. The highest BCUT2D eigenvalue weighted by molar-refractivity contribution is 5.85. The molecule has 0 saturated heterocycles. The van der Waals surface area contributed by atoms with Crippen LogP contribution in [-0.4, -0.2) is 30.2 Å². The Bertz CT molecular complexity index is 926. The predicted molar refractivity (Wildman–Crippen MR) is 98.6 cm³/mol. The third-order valence-corrected chi connectivity index (χ3v) is 4.97. The van der Waals surface area contributed by atoms with Gasteiger partial charge in [0.05, 0.1) is 25.4 Å². The lowest BCUT2D eigenvalue weighted by Crippen LogP contribution is -2.31. The largest absolute Gasteiger partial charge is 0.493 e. The summed E-state index contributed by atoms with van der Waals surface area (Å²) in [6.07, 6.45) is 2.58. The van der Waals surface area contributed by atoms with Gasteiger partial charge in [-0.25, -0.2) is 9.97 Å². The Hall–Kier alpha value is -2.82. The van der Waals surface area contributed by atoms with Crippen LogP contribution in [0.3, 0.4) is 0 Å². The second kappa shape index (κ2) is 6.24. The Balaban J connectivity index is 1.84. The van der Waals surface area contributed by atoms with Crippen LogP contribution >= 0.6 is 0 Å². The van der Waals surface area contributed by atoms with Gasteiger partial charge in [-0.3, -0.25) is 0 Å². The van der Waals surface area contributed by atoms with Gasteiger partial charge < -0.3 is 14.8 Å². The van der Waals surface area contributed by atoms with Crippen LogP contribution in [0.15, 0.2) is 42.7 Å². The summed E-state index contributed by atoms with van der Waals surface area (Å²) in [5.41, 5.74) is 4.44. The molecule has 5 heteroatoms. The number of aromatic nitrogens is 2. The lowest BCUT2D eigenvalue weighted by Gasteiger charge is -2.32. The maximum absolute atomic E-state index is 5.47. The zero-order valence-corrected chi connectivity index (χ0v) is 14.6. The van der Waals surface area contributed by atoms with Crippen LogP contribution in [0.25, 0.3) is 10.9 Å². The first kappa shape index (κ1) is 15.7. The highest BCUT2D eigenvalue weighted by Gasteiger charge is 2.29. The summed E-state index contributed by atoms with van der Waals surface area (Å²) in [6, 6.07) is 12.6. The molecule has 0 aliphatic carbocycles. The van der Waals surface area contributed by atoms with Gasteiger partial charge in [0.25, 0.3) is 0 Å². The average Bonchev–Trinajstić information content (AvgIpc) is 2.65. The normalized spacial score (nSPS) is 19.2. The van der Waals surface area contributed by atoms with E-state index < -0.39 is 0 Å². The van der Waals surface area contributed by atoms with Crippen LogP contribution in [0, 0.1) is 0 Å². The van der Waals surface area contributed by atoms with Gasteiger partial charge in [0, 0.05) is 29.1 Å². The maximum Gasteiger partial charge on any atom is 0.162 e. The molecule has 2 unspecified atom stereocenters. The number of hydrogen-bond donors (Lipinski definition) is 1. The molecule has 0 radical (unpaired) electrons. The van der Waals surface area contributed by atoms with Crippen molar-refractivity contribution in [1.29, 1.82) is 0 Å². The molecule has 3 aromatic rings. The number of hydrogen-bond acceptors (Lipinski definition) is 5. The fourth-order valence-corrected chi connectivity index (χ4v) is 3.63. The second-order valence-electron chi connectivity index (χ2n) is 6.38. The summed E-state index contributed by atoms with van der Waals surface area (Å²) in [6.45, 7) is 2.20. The van der Waals surface area contributed by atoms with E-state index in [1.165, 1.54) is 11.3 Å². The molecule has 2 atom stereocenters. The molecular weight excluding hydrogens is 314 g/mol. The minimum atomic E-state index is 0.263. The fourth-order valence-electron chi connectivity index (χ4n) is 3.63. The van der Waals surface area contributed by atoms with Crippen LogP contribution in [0.5, 0.6) is 11.5 Å². The minimum absolute atomic E-state index is 0.263. The van der Waals surface area contributed by atoms with Crippen LogP contribution < -0.4 is 14.8 Å². The molecule has 4 rings (SSSR count). The lowest BCUT2D eigenvalue weighted by atomic mass is 9.84. The molecule has 0 amide bonds. The molecule has 1 N–H and O–H groups in total. The SMILES string of the molecule is COc1cc2ncnc(C3Cc4ccccc4NC3C)c2cc1OC. The number of fused-ring (bicyclic) bond motifs is 2. The number of ether oxygens (including phenoxy) is 2. The van der Waals surface area contributed by atoms with Crippen molar-refractivity contribution in [2.45, 2.75) is 25.3 Å². The monoisotopic (exact) mass is 335 g/mol. The van der Waals surface area contributed by atoms with Gasteiger partial charge in [0.2, 0.25) is 0 Å². The van der Waals surface area contributed by atoms with Gasteiger partial charge in [0.15, 0.2) is 11.5 Å². The molecule has 128 valence electrons. The van der Waals surface area contributed by atoms with Crippen molar-refractivity contribution in [3.05, 3.63) is 54.0 Å². The molecule has 0 saturated carbocycles. The van der Waals surface area contributed by atoms with E-state index in [0.717, 1.165) is 23.0 Å². The van der Waals surface area contributed by atoms with E-state index in [9.17, 15) is 0 Å². The van der Waals surface area contributed by atoms with Gasteiger partial charge in [0.1, 0.15) is 6.33 Å². The number of para-hydroxylation sites is 1. The molecule has 1 aromatic heterocycles. The summed E-state index contributed by atoms with van der Waals surface area (Å²) < 4.78 is 10.9. The van der Waals surface area contributed by atoms with E-state index in [0.29, 0.717) is 11.5 Å². The summed E-state index contributed by atoms with van der Waals surface area (Å²) in [4.78, 5) is 9.06. The molecule has 2 heterocycles. The topological polar surface area (TPSA) is 56.3 Å². The van der Waals surface area contributed by atoms with Gasteiger partial charge in [-0.05, 0) is 31.0 Å². The van der Waals surface area contributed by atoms with Gasteiger partial charge in [-0.2, -0.15) is 0 Å². The van der Waals surface area contributed by atoms with E-state index in [1.807, 2.05) is 12.1 Å². The molecule has 1 aliphatic rings. The maximum atomic E-state index is 5.47. The third kappa shape index (κ3) is 2.65. The van der Waals surface area contributed by atoms with E-state index in [1.54, 1.807) is 20.5 Å². The third-order valence-electron chi connectivity index (χ3n) is 4.97. The van der Waals surface area contributed by atoms with Crippen molar-refractivity contribution in [1.82, 2.24) is 9.97 Å². The summed E-state index contributed by atoms with van der Waals surface area (Å²) in [5, 5.41) is 4.62. The predicted octanol–water partition coefficient (Wildman–Crippen LogP) is 3.79. The first-order valence-corrected chi connectivity index (χ1v) is 8.42. The van der Waals surface area contributed by atoms with E-state index in [2.05, 4.69) is 46.5 Å².